The van der Waals surface area contributed by atoms with E-state index in [1.165, 1.54) is 0 Å². The summed E-state index contributed by atoms with van der Waals surface area (Å²) >= 11 is 0. The van der Waals surface area contributed by atoms with Gasteiger partial charge < -0.3 is 5.32 Å². The van der Waals surface area contributed by atoms with Crippen LogP contribution >= 0.6 is 0 Å². The third kappa shape index (κ3) is 4.77. The van der Waals surface area contributed by atoms with E-state index in [0.717, 1.165) is 0 Å². The Morgan fingerprint density at radius 1 is 1.25 bits per heavy atom. The van der Waals surface area contributed by atoms with Crippen molar-refractivity contribution in [2.24, 2.45) is 0 Å². The van der Waals surface area contributed by atoms with Crippen LogP contribution in [0, 0.1) is 0 Å². The first-order chi connectivity index (χ1) is 7.35. The van der Waals surface area contributed by atoms with Crippen molar-refractivity contribution in [1.82, 2.24) is 10.0 Å². The molecule has 0 aromatic heterocycles. The zero-order valence-electron chi connectivity index (χ0n) is 9.27. The Morgan fingerprint density at radius 2 is 1.81 bits per heavy atom. The highest BCUT2D eigenvalue weighted by Crippen LogP contribution is 2.12. The molecule has 0 radical (unpaired) electrons. The number of nitrogens with one attached hydrogen (secondary N) is 2. The van der Waals surface area contributed by atoms with Crippen LogP contribution in [-0.2, 0) is 19.9 Å². The first-order valence-corrected chi connectivity index (χ1v) is 8.67. The van der Waals surface area contributed by atoms with E-state index in [0.29, 0.717) is 19.4 Å². The van der Waals surface area contributed by atoms with Gasteiger partial charge in [0.1, 0.15) is 9.84 Å². The number of hydrogen-bond acceptors (Lipinski definition) is 5. The molecular weight excluding hydrogens is 252 g/mol. The second kappa shape index (κ2) is 5.44. The summed E-state index contributed by atoms with van der Waals surface area (Å²) in [6.45, 7) is 0.389. The minimum absolute atomic E-state index is 0.0206. The zero-order chi connectivity index (χ0) is 12.2. The molecule has 1 aliphatic rings. The molecule has 0 atom stereocenters. The molecule has 1 rings (SSSR count). The smallest absolute Gasteiger partial charge is 0.213 e. The van der Waals surface area contributed by atoms with Crippen LogP contribution in [0.2, 0.25) is 0 Å². The molecule has 0 aliphatic carbocycles. The van der Waals surface area contributed by atoms with Crippen LogP contribution in [0.3, 0.4) is 0 Å². The largest absolute Gasteiger partial charge is 0.319 e. The number of rotatable bonds is 5. The van der Waals surface area contributed by atoms with Gasteiger partial charge in [0.05, 0.1) is 17.3 Å². The Balaban J connectivity index is 2.44. The summed E-state index contributed by atoms with van der Waals surface area (Å²) in [5.41, 5.74) is 0. The molecule has 8 heteroatoms. The van der Waals surface area contributed by atoms with Crippen LogP contribution in [0.1, 0.15) is 12.8 Å². The summed E-state index contributed by atoms with van der Waals surface area (Å²) in [6.07, 6.45) is 0.752. The second-order valence-corrected chi connectivity index (χ2v) is 8.14. The SMILES string of the molecule is CNCCS(=O)(=O)NC1CCS(=O)(=O)CC1. The lowest BCUT2D eigenvalue weighted by atomic mass is 10.2. The molecule has 2 N–H and O–H groups in total. The van der Waals surface area contributed by atoms with Gasteiger partial charge >= 0.3 is 0 Å². The van der Waals surface area contributed by atoms with Crippen LogP contribution in [0.25, 0.3) is 0 Å². The van der Waals surface area contributed by atoms with E-state index >= 15 is 0 Å². The summed E-state index contributed by atoms with van der Waals surface area (Å²) in [7, 11) is -4.54. The molecule has 1 saturated heterocycles. The van der Waals surface area contributed by atoms with Crippen molar-refractivity contribution >= 4 is 19.9 Å². The molecule has 0 aromatic rings. The van der Waals surface area contributed by atoms with Crippen molar-refractivity contribution in [3.05, 3.63) is 0 Å². The molecule has 0 unspecified atom stereocenters. The molecule has 96 valence electrons. The van der Waals surface area contributed by atoms with Gasteiger partial charge in [0.15, 0.2) is 0 Å². The summed E-state index contributed by atoms with van der Waals surface area (Å²) in [6, 6.07) is -0.231. The quantitative estimate of drug-likeness (QED) is 0.648. The van der Waals surface area contributed by atoms with Crippen molar-refractivity contribution in [3.63, 3.8) is 0 Å². The van der Waals surface area contributed by atoms with Crippen molar-refractivity contribution < 1.29 is 16.8 Å². The maximum absolute atomic E-state index is 11.5. The van der Waals surface area contributed by atoms with Gasteiger partial charge in [-0.05, 0) is 19.9 Å². The fraction of sp³-hybridized carbons (Fsp3) is 1.00. The lowest BCUT2D eigenvalue weighted by Gasteiger charge is -2.22. The maximum Gasteiger partial charge on any atom is 0.213 e. The predicted octanol–water partition coefficient (Wildman–Crippen LogP) is -1.30. The first kappa shape index (κ1) is 13.9. The molecule has 1 fully saturated rings. The Morgan fingerprint density at radius 3 is 2.31 bits per heavy atom. The summed E-state index contributed by atoms with van der Waals surface area (Å²) in [5, 5.41) is 2.76. The summed E-state index contributed by atoms with van der Waals surface area (Å²) in [4.78, 5) is 0. The standard InChI is InChI=1S/C8H18N2O4S2/c1-9-4-7-16(13,14)10-8-2-5-15(11,12)6-3-8/h8-10H,2-7H2,1H3. The van der Waals surface area contributed by atoms with E-state index < -0.39 is 19.9 Å². The minimum atomic E-state index is -3.29. The van der Waals surface area contributed by atoms with Crippen LogP contribution in [0.5, 0.6) is 0 Å². The first-order valence-electron chi connectivity index (χ1n) is 5.20. The fourth-order valence-corrected chi connectivity index (χ4v) is 4.38. The van der Waals surface area contributed by atoms with Crippen molar-refractivity contribution in [2.75, 3.05) is 30.9 Å². The monoisotopic (exact) mass is 270 g/mol. The average Bonchev–Trinajstić information content (AvgIpc) is 2.18. The molecule has 1 aliphatic heterocycles. The molecule has 0 bridgehead atoms. The van der Waals surface area contributed by atoms with Crippen LogP contribution < -0.4 is 10.0 Å². The molecule has 1 heterocycles. The third-order valence-corrected chi connectivity index (χ3v) is 5.67. The highest BCUT2D eigenvalue weighted by atomic mass is 32.2. The van der Waals surface area contributed by atoms with E-state index in [1.54, 1.807) is 7.05 Å². The Hall–Kier alpha value is -0.180. The van der Waals surface area contributed by atoms with Crippen molar-refractivity contribution in [3.8, 4) is 0 Å². The molecule has 0 saturated carbocycles. The molecular formula is C8H18N2O4S2. The van der Waals surface area contributed by atoms with Gasteiger partial charge in [0.25, 0.3) is 0 Å². The van der Waals surface area contributed by atoms with Gasteiger partial charge in [-0.3, -0.25) is 0 Å². The number of sulfone groups is 1. The van der Waals surface area contributed by atoms with E-state index in [1.807, 2.05) is 0 Å². The Kier molecular flexibility index (Phi) is 4.72. The van der Waals surface area contributed by atoms with E-state index in [9.17, 15) is 16.8 Å². The predicted molar refractivity (Wildman–Crippen MR) is 62.5 cm³/mol. The normalized spacial score (nSPS) is 22.1. The highest BCUT2D eigenvalue weighted by molar-refractivity contribution is 7.91. The lowest BCUT2D eigenvalue weighted by Crippen LogP contribution is -2.42. The van der Waals surface area contributed by atoms with Crippen molar-refractivity contribution in [2.45, 2.75) is 18.9 Å². The van der Waals surface area contributed by atoms with Crippen LogP contribution in [0.15, 0.2) is 0 Å². The highest BCUT2D eigenvalue weighted by Gasteiger charge is 2.26. The zero-order valence-corrected chi connectivity index (χ0v) is 10.9. The van der Waals surface area contributed by atoms with Gasteiger partial charge in [-0.1, -0.05) is 0 Å². The van der Waals surface area contributed by atoms with Crippen LogP contribution in [0.4, 0.5) is 0 Å². The van der Waals surface area contributed by atoms with Crippen LogP contribution in [-0.4, -0.2) is 53.7 Å². The van der Waals surface area contributed by atoms with Gasteiger partial charge in [0, 0.05) is 12.6 Å². The topological polar surface area (TPSA) is 92.3 Å². The van der Waals surface area contributed by atoms with E-state index in [-0.39, 0.29) is 23.3 Å². The molecule has 16 heavy (non-hydrogen) atoms. The maximum atomic E-state index is 11.5. The summed E-state index contributed by atoms with van der Waals surface area (Å²) < 4.78 is 47.9. The molecule has 6 nitrogen and oxygen atoms in total. The number of hydrogen-bond donors (Lipinski definition) is 2. The molecule has 0 spiro atoms. The Bertz CT molecular complexity index is 401. The second-order valence-electron chi connectivity index (χ2n) is 3.97. The van der Waals surface area contributed by atoms with Gasteiger partial charge in [-0.15, -0.1) is 0 Å². The van der Waals surface area contributed by atoms with Gasteiger partial charge in [0.2, 0.25) is 10.0 Å². The van der Waals surface area contributed by atoms with Crippen molar-refractivity contribution in [1.29, 1.82) is 0 Å². The molecule has 0 aromatic carbocycles. The average molecular weight is 270 g/mol. The third-order valence-electron chi connectivity index (χ3n) is 2.52. The van der Waals surface area contributed by atoms with E-state index in [4.69, 9.17) is 0 Å². The van der Waals surface area contributed by atoms with Gasteiger partial charge in [-0.25, -0.2) is 21.6 Å². The fourth-order valence-electron chi connectivity index (χ4n) is 1.56. The summed E-state index contributed by atoms with van der Waals surface area (Å²) in [5.74, 6) is 0.172. The number of sulfonamides is 1. The van der Waals surface area contributed by atoms with E-state index in [2.05, 4.69) is 10.0 Å². The lowest BCUT2D eigenvalue weighted by molar-refractivity contribution is 0.504. The van der Waals surface area contributed by atoms with Gasteiger partial charge in [-0.2, -0.15) is 0 Å². The Labute approximate surface area is 96.8 Å². The molecule has 0 amide bonds. The minimum Gasteiger partial charge on any atom is -0.319 e.